The third kappa shape index (κ3) is 6.83. The van der Waals surface area contributed by atoms with E-state index in [-0.39, 0.29) is 6.09 Å². The molecule has 0 unspecified atom stereocenters. The number of ether oxygens (including phenoxy) is 1. The quantitative estimate of drug-likeness (QED) is 0.533. The van der Waals surface area contributed by atoms with Crippen molar-refractivity contribution in [1.29, 1.82) is 0 Å². The summed E-state index contributed by atoms with van der Waals surface area (Å²) in [5.74, 6) is 1.38. The number of carbonyl (C=O) groups is 1. The van der Waals surface area contributed by atoms with E-state index in [0.29, 0.717) is 19.0 Å². The molecule has 2 N–H and O–H groups in total. The lowest BCUT2D eigenvalue weighted by Crippen LogP contribution is -2.49. The summed E-state index contributed by atoms with van der Waals surface area (Å²) in [5, 5.41) is 13.7. The van der Waals surface area contributed by atoms with Crippen molar-refractivity contribution in [2.45, 2.75) is 77.9 Å². The van der Waals surface area contributed by atoms with Crippen molar-refractivity contribution in [3.8, 4) is 0 Å². The summed E-state index contributed by atoms with van der Waals surface area (Å²) in [6, 6.07) is 0. The maximum absolute atomic E-state index is 12.4. The van der Waals surface area contributed by atoms with E-state index in [4.69, 9.17) is 9.73 Å². The SMILES string of the molecule is CCNC(=NCC1(O)CCC1)N1CCC(CN(CC)C(=O)OC(C)(C)C)CC1. The van der Waals surface area contributed by atoms with Crippen LogP contribution in [0.25, 0.3) is 0 Å². The van der Waals surface area contributed by atoms with E-state index in [9.17, 15) is 9.90 Å². The summed E-state index contributed by atoms with van der Waals surface area (Å²) in [5.41, 5.74) is -1.05. The maximum Gasteiger partial charge on any atom is 0.410 e. The van der Waals surface area contributed by atoms with Crippen LogP contribution in [0.2, 0.25) is 0 Å². The number of aliphatic hydroxyl groups is 1. The van der Waals surface area contributed by atoms with Crippen molar-refractivity contribution in [3.05, 3.63) is 0 Å². The topological polar surface area (TPSA) is 77.4 Å². The summed E-state index contributed by atoms with van der Waals surface area (Å²) >= 11 is 0. The molecule has 1 heterocycles. The normalized spacial score (nSPS) is 20.5. The Hall–Kier alpha value is -1.50. The fourth-order valence-corrected chi connectivity index (χ4v) is 3.69. The van der Waals surface area contributed by atoms with Gasteiger partial charge in [0, 0.05) is 32.7 Å². The molecule has 0 radical (unpaired) electrons. The molecule has 162 valence electrons. The summed E-state index contributed by atoms with van der Waals surface area (Å²) in [6.45, 7) is 14.3. The molecule has 0 aromatic heterocycles. The number of carbonyl (C=O) groups excluding carboxylic acids is 1. The molecule has 0 spiro atoms. The first kappa shape index (κ1) is 22.8. The van der Waals surface area contributed by atoms with Crippen molar-refractivity contribution in [2.24, 2.45) is 10.9 Å². The summed E-state index contributed by atoms with van der Waals surface area (Å²) in [7, 11) is 0. The number of hydrogen-bond acceptors (Lipinski definition) is 4. The first-order chi connectivity index (χ1) is 13.2. The lowest BCUT2D eigenvalue weighted by atomic mass is 9.80. The van der Waals surface area contributed by atoms with E-state index in [2.05, 4.69) is 17.1 Å². The number of aliphatic imine (C=N–C) groups is 1. The molecule has 0 atom stereocenters. The molecule has 7 heteroatoms. The minimum Gasteiger partial charge on any atom is -0.444 e. The van der Waals surface area contributed by atoms with E-state index in [0.717, 1.165) is 64.2 Å². The Labute approximate surface area is 170 Å². The number of guanidine groups is 1. The molecule has 2 fully saturated rings. The molecule has 7 nitrogen and oxygen atoms in total. The average molecular weight is 397 g/mol. The van der Waals surface area contributed by atoms with Gasteiger partial charge in [-0.2, -0.15) is 0 Å². The van der Waals surface area contributed by atoms with Crippen molar-refractivity contribution >= 4 is 12.1 Å². The highest BCUT2D eigenvalue weighted by Crippen LogP contribution is 2.31. The highest BCUT2D eigenvalue weighted by atomic mass is 16.6. The Kier molecular flexibility index (Phi) is 7.98. The van der Waals surface area contributed by atoms with E-state index in [1.807, 2.05) is 32.6 Å². The third-order valence-electron chi connectivity index (χ3n) is 5.57. The number of nitrogens with zero attached hydrogens (tertiary/aromatic N) is 3. The Morgan fingerprint density at radius 2 is 1.93 bits per heavy atom. The van der Waals surface area contributed by atoms with Gasteiger partial charge in [-0.15, -0.1) is 0 Å². The van der Waals surface area contributed by atoms with Gasteiger partial charge in [0.1, 0.15) is 5.60 Å². The van der Waals surface area contributed by atoms with Gasteiger partial charge in [0.25, 0.3) is 0 Å². The molecule has 2 rings (SSSR count). The number of likely N-dealkylation sites (tertiary alicyclic amines) is 1. The minimum absolute atomic E-state index is 0.221. The highest BCUT2D eigenvalue weighted by Gasteiger charge is 2.34. The molecule has 2 aliphatic rings. The van der Waals surface area contributed by atoms with Gasteiger partial charge < -0.3 is 25.0 Å². The van der Waals surface area contributed by atoms with Crippen LogP contribution in [0.4, 0.5) is 4.79 Å². The van der Waals surface area contributed by atoms with E-state index >= 15 is 0 Å². The fourth-order valence-electron chi connectivity index (χ4n) is 3.69. The molecular weight excluding hydrogens is 356 g/mol. The van der Waals surface area contributed by atoms with Crippen LogP contribution in [0, 0.1) is 5.92 Å². The summed E-state index contributed by atoms with van der Waals surface area (Å²) < 4.78 is 5.53. The van der Waals surface area contributed by atoms with Gasteiger partial charge >= 0.3 is 6.09 Å². The van der Waals surface area contributed by atoms with Crippen LogP contribution in [-0.4, -0.2) is 77.4 Å². The van der Waals surface area contributed by atoms with Crippen molar-refractivity contribution in [2.75, 3.05) is 39.3 Å². The van der Waals surface area contributed by atoms with Gasteiger partial charge in [0.2, 0.25) is 0 Å². The third-order valence-corrected chi connectivity index (χ3v) is 5.57. The van der Waals surface area contributed by atoms with Crippen LogP contribution in [-0.2, 0) is 4.74 Å². The minimum atomic E-state index is -0.589. The monoisotopic (exact) mass is 396 g/mol. The average Bonchev–Trinajstić information content (AvgIpc) is 2.60. The second-order valence-corrected chi connectivity index (χ2v) is 9.20. The van der Waals surface area contributed by atoms with Crippen molar-refractivity contribution in [1.82, 2.24) is 15.1 Å². The number of nitrogens with one attached hydrogen (secondary N) is 1. The Bertz CT molecular complexity index is 532. The molecule has 1 aliphatic heterocycles. The lowest BCUT2D eigenvalue weighted by Gasteiger charge is -2.38. The molecular formula is C21H40N4O3. The zero-order valence-electron chi connectivity index (χ0n) is 18.5. The number of amides is 1. The lowest BCUT2D eigenvalue weighted by molar-refractivity contribution is -0.0238. The number of hydrogen-bond donors (Lipinski definition) is 2. The second-order valence-electron chi connectivity index (χ2n) is 9.20. The molecule has 1 saturated carbocycles. The van der Waals surface area contributed by atoms with Crippen LogP contribution < -0.4 is 5.32 Å². The van der Waals surface area contributed by atoms with E-state index in [1.54, 1.807) is 0 Å². The van der Waals surface area contributed by atoms with Crippen molar-refractivity contribution < 1.29 is 14.6 Å². The zero-order chi connectivity index (χ0) is 20.8. The molecule has 0 aromatic rings. The first-order valence-electron chi connectivity index (χ1n) is 10.9. The van der Waals surface area contributed by atoms with Gasteiger partial charge in [-0.1, -0.05) is 0 Å². The molecule has 0 aromatic carbocycles. The van der Waals surface area contributed by atoms with Gasteiger partial charge in [0.15, 0.2) is 5.96 Å². The smallest absolute Gasteiger partial charge is 0.410 e. The second kappa shape index (κ2) is 9.81. The van der Waals surface area contributed by atoms with E-state index < -0.39 is 11.2 Å². The molecule has 1 aliphatic carbocycles. The molecule has 1 amide bonds. The molecule has 1 saturated heterocycles. The Morgan fingerprint density at radius 1 is 1.29 bits per heavy atom. The van der Waals surface area contributed by atoms with Crippen LogP contribution in [0.3, 0.4) is 0 Å². The molecule has 28 heavy (non-hydrogen) atoms. The number of rotatable bonds is 6. The van der Waals surface area contributed by atoms with Crippen LogP contribution in [0.15, 0.2) is 4.99 Å². The predicted molar refractivity (Wildman–Crippen MR) is 113 cm³/mol. The zero-order valence-corrected chi connectivity index (χ0v) is 18.5. The Morgan fingerprint density at radius 3 is 2.39 bits per heavy atom. The Balaban J connectivity index is 1.85. The van der Waals surface area contributed by atoms with Gasteiger partial charge in [-0.25, -0.2) is 4.79 Å². The van der Waals surface area contributed by atoms with Gasteiger partial charge in [0.05, 0.1) is 12.1 Å². The standard InChI is InChI=1S/C21H40N4O3/c1-6-22-18(23-16-21(27)11-8-12-21)25-13-9-17(10-14-25)15-24(7-2)19(26)28-20(3,4)5/h17,27H,6-16H2,1-5H3,(H,22,23). The van der Waals surface area contributed by atoms with Crippen LogP contribution >= 0.6 is 0 Å². The fraction of sp³-hybridized carbons (Fsp3) is 0.905. The van der Waals surface area contributed by atoms with Crippen LogP contribution in [0.1, 0.15) is 66.7 Å². The van der Waals surface area contributed by atoms with Gasteiger partial charge in [-0.3, -0.25) is 4.99 Å². The number of piperidine rings is 1. The predicted octanol–water partition coefficient (Wildman–Crippen LogP) is 2.84. The van der Waals surface area contributed by atoms with Crippen molar-refractivity contribution in [3.63, 3.8) is 0 Å². The van der Waals surface area contributed by atoms with Gasteiger partial charge in [-0.05, 0) is 72.6 Å². The maximum atomic E-state index is 12.4. The highest BCUT2D eigenvalue weighted by molar-refractivity contribution is 5.80. The van der Waals surface area contributed by atoms with E-state index in [1.165, 1.54) is 0 Å². The first-order valence-corrected chi connectivity index (χ1v) is 10.9. The molecule has 0 bridgehead atoms. The van der Waals surface area contributed by atoms with Crippen LogP contribution in [0.5, 0.6) is 0 Å². The summed E-state index contributed by atoms with van der Waals surface area (Å²) in [4.78, 5) is 21.2. The largest absolute Gasteiger partial charge is 0.444 e. The summed E-state index contributed by atoms with van der Waals surface area (Å²) in [6.07, 6.45) is 4.63.